The van der Waals surface area contributed by atoms with Gasteiger partial charge in [0, 0.05) is 31.9 Å². The van der Waals surface area contributed by atoms with Crippen molar-refractivity contribution in [1.82, 2.24) is 34.7 Å². The molecule has 0 amide bonds. The van der Waals surface area contributed by atoms with E-state index in [4.69, 9.17) is 0 Å². The third kappa shape index (κ3) is 2.69. The highest BCUT2D eigenvalue weighted by molar-refractivity contribution is 5.47. The molecule has 0 N–H and O–H groups in total. The summed E-state index contributed by atoms with van der Waals surface area (Å²) in [4.78, 5) is 13.2. The zero-order valence-electron chi connectivity index (χ0n) is 14.1. The van der Waals surface area contributed by atoms with E-state index in [2.05, 4.69) is 42.1 Å². The van der Waals surface area contributed by atoms with Gasteiger partial charge in [-0.3, -0.25) is 4.90 Å². The van der Waals surface area contributed by atoms with Gasteiger partial charge in [-0.2, -0.15) is 4.52 Å². The minimum absolute atomic E-state index is 0.500. The first-order chi connectivity index (χ1) is 11.6. The number of rotatable bonds is 4. The van der Waals surface area contributed by atoms with Crippen molar-refractivity contribution in [3.8, 4) is 0 Å². The first kappa shape index (κ1) is 14.9. The van der Waals surface area contributed by atoms with E-state index in [1.165, 1.54) is 0 Å². The first-order valence-corrected chi connectivity index (χ1v) is 8.03. The summed E-state index contributed by atoms with van der Waals surface area (Å²) in [5.41, 5.74) is 1.84. The summed E-state index contributed by atoms with van der Waals surface area (Å²) < 4.78 is 1.79. The van der Waals surface area contributed by atoms with E-state index in [9.17, 15) is 0 Å². The van der Waals surface area contributed by atoms with Gasteiger partial charge < -0.3 is 4.90 Å². The molecular weight excluding hydrogens is 304 g/mol. The number of aromatic nitrogens is 6. The average molecular weight is 324 g/mol. The Morgan fingerprint density at radius 3 is 2.79 bits per heavy atom. The van der Waals surface area contributed by atoms with Crippen molar-refractivity contribution in [2.24, 2.45) is 0 Å². The summed E-state index contributed by atoms with van der Waals surface area (Å²) >= 11 is 0. The van der Waals surface area contributed by atoms with Crippen LogP contribution in [0.1, 0.15) is 17.3 Å². The lowest BCUT2D eigenvalue weighted by molar-refractivity contribution is 0.194. The molecule has 4 heterocycles. The van der Waals surface area contributed by atoms with Crippen LogP contribution in [0.15, 0.2) is 24.4 Å². The average Bonchev–Trinajstić information content (AvgIpc) is 2.87. The van der Waals surface area contributed by atoms with Gasteiger partial charge in [0.15, 0.2) is 11.5 Å². The van der Waals surface area contributed by atoms with E-state index in [-0.39, 0.29) is 0 Å². The van der Waals surface area contributed by atoms with Crippen LogP contribution in [0, 0.1) is 13.8 Å². The minimum Gasteiger partial charge on any atom is -0.352 e. The van der Waals surface area contributed by atoms with Gasteiger partial charge in [0.1, 0.15) is 11.6 Å². The van der Waals surface area contributed by atoms with Crippen molar-refractivity contribution < 1.29 is 0 Å². The fourth-order valence-electron chi connectivity index (χ4n) is 2.95. The molecule has 0 aliphatic carbocycles. The van der Waals surface area contributed by atoms with E-state index >= 15 is 0 Å². The van der Waals surface area contributed by atoms with Gasteiger partial charge in [0.05, 0.1) is 5.69 Å². The van der Waals surface area contributed by atoms with Crippen LogP contribution >= 0.6 is 0 Å². The van der Waals surface area contributed by atoms with Crippen LogP contribution in [0.3, 0.4) is 0 Å². The van der Waals surface area contributed by atoms with Crippen molar-refractivity contribution in [1.29, 1.82) is 0 Å². The highest BCUT2D eigenvalue weighted by Gasteiger charge is 2.31. The Balaban J connectivity index is 1.40. The van der Waals surface area contributed by atoms with Crippen LogP contribution in [-0.4, -0.2) is 60.9 Å². The molecule has 1 saturated heterocycles. The van der Waals surface area contributed by atoms with Gasteiger partial charge >= 0.3 is 0 Å². The predicted octanol–water partition coefficient (Wildman–Crippen LogP) is 0.852. The number of hydrogen-bond acceptors (Lipinski definition) is 7. The molecule has 0 atom stereocenters. The lowest BCUT2D eigenvalue weighted by Crippen LogP contribution is -2.58. The highest BCUT2D eigenvalue weighted by atomic mass is 15.4. The molecule has 1 aliphatic heterocycles. The second kappa shape index (κ2) is 5.79. The summed E-state index contributed by atoms with van der Waals surface area (Å²) in [5.74, 6) is 2.59. The Kier molecular flexibility index (Phi) is 3.61. The molecule has 0 unspecified atom stereocenters. The zero-order valence-corrected chi connectivity index (χ0v) is 14.1. The molecule has 0 bridgehead atoms. The zero-order chi connectivity index (χ0) is 16.7. The fourth-order valence-corrected chi connectivity index (χ4v) is 2.95. The molecular formula is C16H20N8. The Hall–Kier alpha value is -2.61. The molecule has 0 spiro atoms. The molecule has 124 valence electrons. The smallest absolute Gasteiger partial charge is 0.178 e. The minimum atomic E-state index is 0.500. The van der Waals surface area contributed by atoms with Crippen LogP contribution in [0.4, 0.5) is 5.82 Å². The van der Waals surface area contributed by atoms with Crippen molar-refractivity contribution in [3.63, 3.8) is 0 Å². The molecule has 3 aromatic heterocycles. The highest BCUT2D eigenvalue weighted by Crippen LogP contribution is 2.22. The lowest BCUT2D eigenvalue weighted by atomic mass is 10.1. The molecule has 24 heavy (non-hydrogen) atoms. The van der Waals surface area contributed by atoms with Crippen molar-refractivity contribution in [2.45, 2.75) is 26.4 Å². The first-order valence-electron chi connectivity index (χ1n) is 8.03. The van der Waals surface area contributed by atoms with E-state index in [0.717, 1.165) is 48.4 Å². The Morgan fingerprint density at radius 1 is 1.17 bits per heavy atom. The number of aryl methyl sites for hydroxylation is 2. The quantitative estimate of drug-likeness (QED) is 0.704. The van der Waals surface area contributed by atoms with Crippen LogP contribution in [0.25, 0.3) is 5.65 Å². The van der Waals surface area contributed by atoms with Crippen LogP contribution < -0.4 is 4.90 Å². The Labute approximate surface area is 140 Å². The number of hydrogen-bond donors (Lipinski definition) is 0. The van der Waals surface area contributed by atoms with Gasteiger partial charge in [-0.1, -0.05) is 0 Å². The van der Waals surface area contributed by atoms with Crippen molar-refractivity contribution in [3.05, 3.63) is 41.7 Å². The SMILES string of the molecule is Cc1nccc(CN(C)C2CN(c3ccc4nnc(C)n4n3)C2)n1. The molecule has 4 rings (SSSR count). The summed E-state index contributed by atoms with van der Waals surface area (Å²) in [6.45, 7) is 6.58. The predicted molar refractivity (Wildman–Crippen MR) is 89.8 cm³/mol. The molecule has 8 heteroatoms. The monoisotopic (exact) mass is 324 g/mol. The standard InChI is InChI=1S/C16H20N8/c1-11-17-7-6-13(18-11)8-22(3)14-9-23(10-14)16-5-4-15-20-19-12(2)24(15)21-16/h4-7,14H,8-10H2,1-3H3. The Morgan fingerprint density at radius 2 is 2.00 bits per heavy atom. The summed E-state index contributed by atoms with van der Waals surface area (Å²) in [6, 6.07) is 6.44. The summed E-state index contributed by atoms with van der Waals surface area (Å²) in [6.07, 6.45) is 1.82. The number of fused-ring (bicyclic) bond motifs is 1. The van der Waals surface area contributed by atoms with Gasteiger partial charge in [0.2, 0.25) is 0 Å². The number of nitrogens with zero attached hydrogens (tertiary/aromatic N) is 8. The lowest BCUT2D eigenvalue weighted by Gasteiger charge is -2.44. The molecule has 0 aromatic carbocycles. The van der Waals surface area contributed by atoms with Crippen LogP contribution in [0.5, 0.6) is 0 Å². The van der Waals surface area contributed by atoms with Gasteiger partial charge in [0.25, 0.3) is 0 Å². The molecule has 0 radical (unpaired) electrons. The largest absolute Gasteiger partial charge is 0.352 e. The van der Waals surface area contributed by atoms with Gasteiger partial charge in [-0.15, -0.1) is 15.3 Å². The van der Waals surface area contributed by atoms with Crippen molar-refractivity contribution >= 4 is 11.5 Å². The van der Waals surface area contributed by atoms with Crippen molar-refractivity contribution in [2.75, 3.05) is 25.0 Å². The Bertz CT molecular complexity index is 867. The van der Waals surface area contributed by atoms with Crippen LogP contribution in [0.2, 0.25) is 0 Å². The topological polar surface area (TPSA) is 75.3 Å². The summed E-state index contributed by atoms with van der Waals surface area (Å²) in [7, 11) is 2.14. The summed E-state index contributed by atoms with van der Waals surface area (Å²) in [5, 5.41) is 12.7. The van der Waals surface area contributed by atoms with E-state index in [1.807, 2.05) is 38.2 Å². The second-order valence-electron chi connectivity index (χ2n) is 6.28. The second-order valence-corrected chi connectivity index (χ2v) is 6.28. The molecule has 3 aromatic rings. The van der Waals surface area contributed by atoms with E-state index in [0.29, 0.717) is 6.04 Å². The van der Waals surface area contributed by atoms with Crippen LogP contribution in [-0.2, 0) is 6.54 Å². The number of anilines is 1. The number of likely N-dealkylation sites (N-methyl/N-ethyl adjacent to an activating group) is 1. The normalized spacial score (nSPS) is 15.2. The van der Waals surface area contributed by atoms with Gasteiger partial charge in [-0.25, -0.2) is 9.97 Å². The van der Waals surface area contributed by atoms with Gasteiger partial charge in [-0.05, 0) is 39.1 Å². The maximum absolute atomic E-state index is 4.62. The fraction of sp³-hybridized carbons (Fsp3) is 0.438. The van der Waals surface area contributed by atoms with E-state index in [1.54, 1.807) is 4.52 Å². The molecule has 8 nitrogen and oxygen atoms in total. The third-order valence-electron chi connectivity index (χ3n) is 4.46. The molecule has 1 aliphatic rings. The molecule has 0 saturated carbocycles. The maximum atomic E-state index is 4.62. The molecule has 1 fully saturated rings. The van der Waals surface area contributed by atoms with E-state index < -0.39 is 0 Å². The maximum Gasteiger partial charge on any atom is 0.178 e. The third-order valence-corrected chi connectivity index (χ3v) is 4.46.